The van der Waals surface area contributed by atoms with Gasteiger partial charge in [0, 0.05) is 13.0 Å². The summed E-state index contributed by atoms with van der Waals surface area (Å²) in [5.74, 6) is 0.180. The molecule has 0 aliphatic rings. The van der Waals surface area contributed by atoms with Crippen LogP contribution in [0.5, 0.6) is 0 Å². The minimum absolute atomic E-state index is 0.180. The highest BCUT2D eigenvalue weighted by Gasteiger charge is 2.08. The second-order valence-corrected chi connectivity index (χ2v) is 3.34. The molecule has 0 saturated heterocycles. The van der Waals surface area contributed by atoms with Gasteiger partial charge in [-0.2, -0.15) is 0 Å². The molecule has 2 heteroatoms. The summed E-state index contributed by atoms with van der Waals surface area (Å²) in [5, 5.41) is 0. The highest BCUT2D eigenvalue weighted by Crippen LogP contribution is 2.12. The Morgan fingerprint density at radius 2 is 2.00 bits per heavy atom. The predicted octanol–water partition coefficient (Wildman–Crippen LogP) is 2.42. The molecule has 0 rings (SSSR count). The number of carbonyl (C=O) groups is 1. The topological polar surface area (TPSA) is 26.3 Å². The molecule has 12 heavy (non-hydrogen) atoms. The van der Waals surface area contributed by atoms with Gasteiger partial charge >= 0.3 is 0 Å². The Morgan fingerprint density at radius 1 is 1.33 bits per heavy atom. The molecule has 0 amide bonds. The normalized spacial score (nSPS) is 15.6. The van der Waals surface area contributed by atoms with Gasteiger partial charge in [-0.15, -0.1) is 0 Å². The minimum Gasteiger partial charge on any atom is -0.381 e. The maximum Gasteiger partial charge on any atom is 0.122 e. The van der Waals surface area contributed by atoms with Gasteiger partial charge in [-0.25, -0.2) is 0 Å². The number of carbonyl (C=O) groups excluding carboxylic acids is 1. The third-order valence-corrected chi connectivity index (χ3v) is 2.12. The van der Waals surface area contributed by atoms with E-state index in [1.807, 2.05) is 6.92 Å². The first-order chi connectivity index (χ1) is 5.74. The van der Waals surface area contributed by atoms with E-state index in [-0.39, 0.29) is 5.92 Å². The van der Waals surface area contributed by atoms with E-state index in [1.165, 1.54) is 0 Å². The standard InChI is InChI=1S/C10H20O2/c1-4-5-10(12-3)7-6-9(2)8-11/h8-10H,4-7H2,1-3H3/t9-,10+/m1/s1. The van der Waals surface area contributed by atoms with Gasteiger partial charge in [0.1, 0.15) is 6.29 Å². The van der Waals surface area contributed by atoms with Crippen molar-refractivity contribution in [2.24, 2.45) is 5.92 Å². The van der Waals surface area contributed by atoms with Crippen LogP contribution in [0.1, 0.15) is 39.5 Å². The fraction of sp³-hybridized carbons (Fsp3) is 0.900. The maximum atomic E-state index is 10.3. The summed E-state index contributed by atoms with van der Waals surface area (Å²) < 4.78 is 5.27. The summed E-state index contributed by atoms with van der Waals surface area (Å²) in [5.41, 5.74) is 0. The molecule has 72 valence electrons. The fourth-order valence-corrected chi connectivity index (χ4v) is 1.22. The first-order valence-electron chi connectivity index (χ1n) is 4.72. The van der Waals surface area contributed by atoms with Gasteiger partial charge in [-0.3, -0.25) is 0 Å². The second kappa shape index (κ2) is 7.29. The summed E-state index contributed by atoms with van der Waals surface area (Å²) in [6, 6.07) is 0. The van der Waals surface area contributed by atoms with Crippen molar-refractivity contribution in [3.63, 3.8) is 0 Å². The van der Waals surface area contributed by atoms with Gasteiger partial charge in [0.15, 0.2) is 0 Å². The predicted molar refractivity (Wildman–Crippen MR) is 50.2 cm³/mol. The van der Waals surface area contributed by atoms with Gasteiger partial charge < -0.3 is 9.53 Å². The van der Waals surface area contributed by atoms with Crippen LogP contribution in [0, 0.1) is 5.92 Å². The quantitative estimate of drug-likeness (QED) is 0.551. The lowest BCUT2D eigenvalue weighted by atomic mass is 10.0. The van der Waals surface area contributed by atoms with Crippen LogP contribution in [0.3, 0.4) is 0 Å². The lowest BCUT2D eigenvalue weighted by Gasteiger charge is -2.14. The molecule has 0 aromatic carbocycles. The Morgan fingerprint density at radius 3 is 2.42 bits per heavy atom. The Labute approximate surface area is 75.3 Å². The molecule has 0 N–H and O–H groups in total. The average molecular weight is 172 g/mol. The van der Waals surface area contributed by atoms with Gasteiger partial charge in [0.2, 0.25) is 0 Å². The van der Waals surface area contributed by atoms with Gasteiger partial charge in [-0.05, 0) is 19.3 Å². The molecule has 2 nitrogen and oxygen atoms in total. The van der Waals surface area contributed by atoms with Crippen LogP contribution < -0.4 is 0 Å². The Balaban J connectivity index is 3.49. The number of rotatable bonds is 7. The van der Waals surface area contributed by atoms with Crippen LogP contribution in [0.2, 0.25) is 0 Å². The Kier molecular flexibility index (Phi) is 7.06. The second-order valence-electron chi connectivity index (χ2n) is 3.34. The van der Waals surface area contributed by atoms with Crippen molar-refractivity contribution in [1.82, 2.24) is 0 Å². The zero-order valence-electron chi connectivity index (χ0n) is 8.38. The van der Waals surface area contributed by atoms with Crippen molar-refractivity contribution >= 4 is 6.29 Å². The van der Waals surface area contributed by atoms with Crippen molar-refractivity contribution < 1.29 is 9.53 Å². The molecule has 0 spiro atoms. The van der Waals surface area contributed by atoms with E-state index in [9.17, 15) is 4.79 Å². The molecule has 0 aliphatic heterocycles. The van der Waals surface area contributed by atoms with Crippen LogP contribution in [-0.4, -0.2) is 19.5 Å². The van der Waals surface area contributed by atoms with Crippen molar-refractivity contribution in [1.29, 1.82) is 0 Å². The number of hydrogen-bond donors (Lipinski definition) is 0. The number of ether oxygens (including phenoxy) is 1. The maximum absolute atomic E-state index is 10.3. The zero-order valence-corrected chi connectivity index (χ0v) is 8.38. The number of methoxy groups -OCH3 is 1. The van der Waals surface area contributed by atoms with Crippen LogP contribution >= 0.6 is 0 Å². The number of aldehydes is 1. The molecule has 0 aromatic heterocycles. The van der Waals surface area contributed by atoms with Crippen molar-refractivity contribution in [2.75, 3.05) is 7.11 Å². The third-order valence-electron chi connectivity index (χ3n) is 2.12. The molecule has 0 bridgehead atoms. The summed E-state index contributed by atoms with van der Waals surface area (Å²) >= 11 is 0. The molecular weight excluding hydrogens is 152 g/mol. The lowest BCUT2D eigenvalue weighted by Crippen LogP contribution is -2.12. The van der Waals surface area contributed by atoms with Crippen LogP contribution in [0.25, 0.3) is 0 Å². The van der Waals surface area contributed by atoms with E-state index < -0.39 is 0 Å². The SMILES string of the molecule is CCC[C@@H](CC[C@@H](C)C=O)OC. The number of hydrogen-bond acceptors (Lipinski definition) is 2. The van der Waals surface area contributed by atoms with Gasteiger partial charge in [-0.1, -0.05) is 20.3 Å². The molecule has 0 aromatic rings. The van der Waals surface area contributed by atoms with E-state index in [4.69, 9.17) is 4.74 Å². The molecule has 0 unspecified atom stereocenters. The molecule has 0 heterocycles. The highest BCUT2D eigenvalue weighted by atomic mass is 16.5. The lowest BCUT2D eigenvalue weighted by molar-refractivity contribution is -0.111. The largest absolute Gasteiger partial charge is 0.381 e. The van der Waals surface area contributed by atoms with Crippen molar-refractivity contribution in [3.8, 4) is 0 Å². The molecule has 0 saturated carbocycles. The molecule has 0 fully saturated rings. The first kappa shape index (κ1) is 11.6. The minimum atomic E-state index is 0.180. The van der Waals surface area contributed by atoms with Crippen LogP contribution in [-0.2, 0) is 9.53 Å². The van der Waals surface area contributed by atoms with Gasteiger partial charge in [0.25, 0.3) is 0 Å². The molecular formula is C10H20O2. The molecule has 2 atom stereocenters. The van der Waals surface area contributed by atoms with E-state index in [2.05, 4.69) is 6.92 Å². The third kappa shape index (κ3) is 5.30. The summed E-state index contributed by atoms with van der Waals surface area (Å²) in [4.78, 5) is 10.3. The summed E-state index contributed by atoms with van der Waals surface area (Å²) in [7, 11) is 1.74. The summed E-state index contributed by atoms with van der Waals surface area (Å²) in [6.45, 7) is 4.10. The summed E-state index contributed by atoms with van der Waals surface area (Å²) in [6.07, 6.45) is 5.55. The highest BCUT2D eigenvalue weighted by molar-refractivity contribution is 5.52. The van der Waals surface area contributed by atoms with E-state index >= 15 is 0 Å². The van der Waals surface area contributed by atoms with E-state index in [1.54, 1.807) is 7.11 Å². The van der Waals surface area contributed by atoms with Crippen molar-refractivity contribution in [3.05, 3.63) is 0 Å². The monoisotopic (exact) mass is 172 g/mol. The van der Waals surface area contributed by atoms with E-state index in [0.717, 1.165) is 32.0 Å². The smallest absolute Gasteiger partial charge is 0.122 e. The first-order valence-corrected chi connectivity index (χ1v) is 4.72. The van der Waals surface area contributed by atoms with Crippen LogP contribution in [0.4, 0.5) is 0 Å². The average Bonchev–Trinajstić information content (AvgIpc) is 2.11. The molecule has 0 radical (unpaired) electrons. The van der Waals surface area contributed by atoms with Gasteiger partial charge in [0.05, 0.1) is 6.10 Å². The van der Waals surface area contributed by atoms with Crippen LogP contribution in [0.15, 0.2) is 0 Å². The van der Waals surface area contributed by atoms with E-state index in [0.29, 0.717) is 6.10 Å². The Bertz CT molecular complexity index is 112. The Hall–Kier alpha value is -0.370. The zero-order chi connectivity index (χ0) is 9.40. The van der Waals surface area contributed by atoms with Crippen molar-refractivity contribution in [2.45, 2.75) is 45.6 Å². The molecule has 0 aliphatic carbocycles. The fourth-order valence-electron chi connectivity index (χ4n) is 1.22.